The Morgan fingerprint density at radius 1 is 1.13 bits per heavy atom. The van der Waals surface area contributed by atoms with Gasteiger partial charge in [-0.15, -0.1) is 0 Å². The van der Waals surface area contributed by atoms with Gasteiger partial charge in [-0.25, -0.2) is 0 Å². The molecule has 2 nitrogen and oxygen atoms in total. The van der Waals surface area contributed by atoms with E-state index in [0.717, 1.165) is 6.07 Å². The van der Waals surface area contributed by atoms with E-state index in [-0.39, 0.29) is 17.4 Å². The van der Waals surface area contributed by atoms with Crippen LogP contribution in [0.25, 0.3) is 0 Å². The monoisotopic (exact) mass is 248 g/mol. The normalized spacial score (nSPS) is 16.7. The molecule has 0 saturated carbocycles. The van der Waals surface area contributed by atoms with Gasteiger partial charge in [0.1, 0.15) is 4.90 Å². The van der Waals surface area contributed by atoms with Crippen LogP contribution in [0.3, 0.4) is 0 Å². The van der Waals surface area contributed by atoms with Gasteiger partial charge in [0.15, 0.2) is 0 Å². The Morgan fingerprint density at radius 2 is 1.67 bits per heavy atom. The number of nitrogens with two attached hydrogens (primary N) is 1. The molecule has 0 amide bonds. The standard InChI is InChI=1S/C7H9F5N2S/c1-14-7-4-5(2-3-6(7)13)15(8,9,10,11)12/h2-4,14H,13H2,1H3. The second-order valence-electron chi connectivity index (χ2n) is 2.97. The van der Waals surface area contributed by atoms with E-state index in [1.54, 1.807) is 0 Å². The lowest BCUT2D eigenvalue weighted by Gasteiger charge is -2.40. The molecule has 15 heavy (non-hydrogen) atoms. The van der Waals surface area contributed by atoms with Gasteiger partial charge in [-0.3, -0.25) is 0 Å². The Morgan fingerprint density at radius 3 is 2.07 bits per heavy atom. The zero-order chi connectivity index (χ0) is 12.0. The maximum Gasteiger partial charge on any atom is 0.310 e. The van der Waals surface area contributed by atoms with Gasteiger partial charge in [0.25, 0.3) is 0 Å². The smallest absolute Gasteiger partial charge is 0.310 e. The van der Waals surface area contributed by atoms with E-state index in [9.17, 15) is 19.4 Å². The van der Waals surface area contributed by atoms with Crippen LogP contribution in [0.15, 0.2) is 23.1 Å². The summed E-state index contributed by atoms with van der Waals surface area (Å²) < 4.78 is 61.6. The van der Waals surface area contributed by atoms with E-state index in [1.165, 1.54) is 7.05 Å². The van der Waals surface area contributed by atoms with Gasteiger partial charge in [0.05, 0.1) is 11.4 Å². The zero-order valence-corrected chi connectivity index (χ0v) is 8.42. The summed E-state index contributed by atoms with van der Waals surface area (Å²) in [4.78, 5) is -1.95. The molecule has 0 aliphatic carbocycles. The molecule has 1 rings (SSSR count). The highest BCUT2D eigenvalue weighted by molar-refractivity contribution is 8.45. The van der Waals surface area contributed by atoms with Crippen LogP contribution in [0.1, 0.15) is 0 Å². The quantitative estimate of drug-likeness (QED) is 0.614. The van der Waals surface area contributed by atoms with Crippen molar-refractivity contribution in [1.29, 1.82) is 0 Å². The number of rotatable bonds is 2. The number of hydrogen-bond acceptors (Lipinski definition) is 2. The molecular formula is C7H9F5N2S. The summed E-state index contributed by atoms with van der Waals surface area (Å²) in [5.41, 5.74) is 5.06. The van der Waals surface area contributed by atoms with Crippen LogP contribution < -0.4 is 11.1 Å². The third-order valence-corrected chi connectivity index (χ3v) is 2.88. The lowest BCUT2D eigenvalue weighted by atomic mass is 10.3. The van der Waals surface area contributed by atoms with Crippen LogP contribution >= 0.6 is 10.2 Å². The Bertz CT molecular complexity index is 399. The molecule has 0 aliphatic heterocycles. The average molecular weight is 248 g/mol. The molecular weight excluding hydrogens is 239 g/mol. The topological polar surface area (TPSA) is 38.0 Å². The van der Waals surface area contributed by atoms with Crippen molar-refractivity contribution in [2.75, 3.05) is 18.1 Å². The second-order valence-corrected chi connectivity index (χ2v) is 5.38. The zero-order valence-electron chi connectivity index (χ0n) is 7.61. The summed E-state index contributed by atoms with van der Waals surface area (Å²) in [6.45, 7) is 0. The van der Waals surface area contributed by atoms with Gasteiger partial charge < -0.3 is 11.1 Å². The van der Waals surface area contributed by atoms with E-state index in [0.29, 0.717) is 6.07 Å². The highest BCUT2D eigenvalue weighted by Crippen LogP contribution is 3.02. The van der Waals surface area contributed by atoms with Gasteiger partial charge in [-0.2, -0.15) is 0 Å². The van der Waals surface area contributed by atoms with Crippen molar-refractivity contribution in [1.82, 2.24) is 0 Å². The molecule has 1 aromatic rings. The van der Waals surface area contributed by atoms with Crippen molar-refractivity contribution in [3.8, 4) is 0 Å². The highest BCUT2D eigenvalue weighted by atomic mass is 32.5. The second kappa shape index (κ2) is 2.49. The van der Waals surface area contributed by atoms with Crippen molar-refractivity contribution >= 4 is 21.6 Å². The van der Waals surface area contributed by atoms with E-state index in [2.05, 4.69) is 5.32 Å². The van der Waals surface area contributed by atoms with Crippen LogP contribution in [-0.4, -0.2) is 7.05 Å². The van der Waals surface area contributed by atoms with E-state index >= 15 is 0 Å². The SMILES string of the molecule is CNc1cc(S(F)(F)(F)(F)F)ccc1N. The first-order valence-electron chi connectivity index (χ1n) is 3.75. The van der Waals surface area contributed by atoms with E-state index in [4.69, 9.17) is 5.73 Å². The first-order chi connectivity index (χ1) is 6.44. The van der Waals surface area contributed by atoms with Crippen molar-refractivity contribution in [2.45, 2.75) is 4.90 Å². The van der Waals surface area contributed by atoms with Gasteiger partial charge in [0, 0.05) is 7.05 Å². The van der Waals surface area contributed by atoms with E-state index in [1.807, 2.05) is 0 Å². The molecule has 0 radical (unpaired) electrons. The van der Waals surface area contributed by atoms with Crippen molar-refractivity contribution < 1.29 is 19.4 Å². The molecule has 0 fully saturated rings. The maximum atomic E-state index is 12.3. The summed E-state index contributed by atoms with van der Waals surface area (Å²) in [5, 5.41) is 2.30. The maximum absolute atomic E-state index is 12.3. The minimum Gasteiger partial charge on any atom is -0.397 e. The number of nitrogen functional groups attached to an aromatic ring is 1. The van der Waals surface area contributed by atoms with Gasteiger partial charge in [-0.1, -0.05) is 19.4 Å². The van der Waals surface area contributed by atoms with Gasteiger partial charge >= 0.3 is 10.2 Å². The molecule has 0 heterocycles. The predicted octanol–water partition coefficient (Wildman–Crippen LogP) is 3.97. The molecule has 0 saturated heterocycles. The molecule has 0 bridgehead atoms. The number of hydrogen-bond donors (Lipinski definition) is 2. The number of nitrogens with one attached hydrogen (secondary N) is 1. The molecule has 8 heteroatoms. The van der Waals surface area contributed by atoms with Crippen LogP contribution in [0.4, 0.5) is 30.8 Å². The first kappa shape index (κ1) is 11.9. The van der Waals surface area contributed by atoms with Crippen LogP contribution in [-0.2, 0) is 0 Å². The van der Waals surface area contributed by atoms with Crippen LogP contribution in [0.5, 0.6) is 0 Å². The fourth-order valence-electron chi connectivity index (χ4n) is 0.992. The van der Waals surface area contributed by atoms with Gasteiger partial charge in [-0.05, 0) is 18.2 Å². The summed E-state index contributed by atoms with van der Waals surface area (Å²) in [6.07, 6.45) is 0. The Balaban J connectivity index is 3.44. The molecule has 0 aromatic heterocycles. The predicted molar refractivity (Wildman–Crippen MR) is 51.8 cm³/mol. The highest BCUT2D eigenvalue weighted by Gasteiger charge is 2.65. The third kappa shape index (κ3) is 2.65. The fraction of sp³-hybridized carbons (Fsp3) is 0.143. The molecule has 1 aromatic carbocycles. The molecule has 0 spiro atoms. The third-order valence-electron chi connectivity index (χ3n) is 1.74. The largest absolute Gasteiger partial charge is 0.397 e. The number of anilines is 2. The lowest BCUT2D eigenvalue weighted by Crippen LogP contribution is -2.07. The fourth-order valence-corrected chi connectivity index (χ4v) is 1.66. The molecule has 0 aliphatic rings. The minimum absolute atomic E-state index is 0.0249. The average Bonchev–Trinajstić information content (AvgIpc) is 2.00. The Hall–Kier alpha value is -1.18. The van der Waals surface area contributed by atoms with Crippen molar-refractivity contribution in [3.63, 3.8) is 0 Å². The van der Waals surface area contributed by atoms with Crippen LogP contribution in [0, 0.1) is 0 Å². The summed E-state index contributed by atoms with van der Waals surface area (Å²) in [5.74, 6) is 0. The summed E-state index contributed by atoms with van der Waals surface area (Å²) in [6, 6.07) is 1.37. The van der Waals surface area contributed by atoms with Crippen molar-refractivity contribution in [3.05, 3.63) is 18.2 Å². The van der Waals surface area contributed by atoms with Crippen molar-refractivity contribution in [2.24, 2.45) is 0 Å². The number of halogens is 5. The van der Waals surface area contributed by atoms with Gasteiger partial charge in [0.2, 0.25) is 0 Å². The molecule has 0 unspecified atom stereocenters. The molecule has 0 atom stereocenters. The van der Waals surface area contributed by atoms with E-state index < -0.39 is 15.1 Å². The Kier molecular flexibility index (Phi) is 1.97. The Labute approximate surface area is 83.0 Å². The summed E-state index contributed by atoms with van der Waals surface area (Å²) >= 11 is 0. The number of benzene rings is 1. The molecule has 3 N–H and O–H groups in total. The minimum atomic E-state index is -9.60. The lowest BCUT2D eigenvalue weighted by molar-refractivity contribution is 0.364. The first-order valence-corrected chi connectivity index (χ1v) is 5.70. The summed E-state index contributed by atoms with van der Waals surface area (Å²) in [7, 11) is -8.31. The molecule has 88 valence electrons. The van der Waals surface area contributed by atoms with Crippen LogP contribution in [0.2, 0.25) is 0 Å².